The van der Waals surface area contributed by atoms with E-state index < -0.39 is 0 Å². The summed E-state index contributed by atoms with van der Waals surface area (Å²) < 4.78 is 5.48. The minimum Gasteiger partial charge on any atom is -0.491 e. The number of hydrogen-bond acceptors (Lipinski definition) is 4. The zero-order valence-electron chi connectivity index (χ0n) is 12.5. The molecule has 1 aromatic carbocycles. The van der Waals surface area contributed by atoms with Crippen LogP contribution in [0.5, 0.6) is 5.75 Å². The number of nitrogens with one attached hydrogen (secondary N) is 1. The molecule has 5 nitrogen and oxygen atoms in total. The van der Waals surface area contributed by atoms with E-state index in [2.05, 4.69) is 5.32 Å². The van der Waals surface area contributed by atoms with Crippen molar-refractivity contribution >= 4 is 11.6 Å². The lowest BCUT2D eigenvalue weighted by molar-refractivity contribution is 0.0877. The maximum atomic E-state index is 12.4. The summed E-state index contributed by atoms with van der Waals surface area (Å²) in [7, 11) is 0. The van der Waals surface area contributed by atoms with Gasteiger partial charge < -0.3 is 20.9 Å². The van der Waals surface area contributed by atoms with Crippen molar-refractivity contribution in [3.63, 3.8) is 0 Å². The summed E-state index contributed by atoms with van der Waals surface area (Å²) in [5.74, 6) is 0.229. The van der Waals surface area contributed by atoms with Gasteiger partial charge >= 0.3 is 0 Å². The number of para-hydroxylation sites is 1. The molecule has 1 saturated carbocycles. The minimum absolute atomic E-state index is 0.114. The van der Waals surface area contributed by atoms with Crippen LogP contribution in [0, 0.1) is 5.41 Å². The molecule has 1 aliphatic rings. The molecule has 0 aromatic heterocycles. The predicted octanol–water partition coefficient (Wildman–Crippen LogP) is 1.95. The van der Waals surface area contributed by atoms with Crippen molar-refractivity contribution in [2.45, 2.75) is 32.6 Å². The molecular weight excluding hydrogens is 268 g/mol. The first-order chi connectivity index (χ1) is 10.1. The molecule has 0 radical (unpaired) electrons. The normalized spacial score (nSPS) is 16.7. The number of benzene rings is 1. The predicted molar refractivity (Wildman–Crippen MR) is 82.3 cm³/mol. The van der Waals surface area contributed by atoms with Crippen LogP contribution in [0.25, 0.3) is 0 Å². The van der Waals surface area contributed by atoms with Gasteiger partial charge in [-0.3, -0.25) is 4.79 Å². The standard InChI is InChI=1S/C16H24N2O3/c1-2-21-14-12(6-5-7-13(14)17)15(20)18-10-16(11-19)8-3-4-9-16/h5-7,19H,2-4,8-11,17H2,1H3,(H,18,20). The van der Waals surface area contributed by atoms with Crippen molar-refractivity contribution in [3.05, 3.63) is 23.8 Å². The van der Waals surface area contributed by atoms with Gasteiger partial charge in [-0.25, -0.2) is 0 Å². The van der Waals surface area contributed by atoms with Gasteiger partial charge in [0.1, 0.15) is 0 Å². The molecular formula is C16H24N2O3. The van der Waals surface area contributed by atoms with Crippen LogP contribution in [-0.4, -0.2) is 30.8 Å². The van der Waals surface area contributed by atoms with Crippen molar-refractivity contribution in [2.75, 3.05) is 25.5 Å². The summed E-state index contributed by atoms with van der Waals surface area (Å²) in [6, 6.07) is 5.16. The van der Waals surface area contributed by atoms with Crippen LogP contribution in [0.1, 0.15) is 43.0 Å². The fraction of sp³-hybridized carbons (Fsp3) is 0.562. The molecule has 1 aliphatic carbocycles. The molecule has 21 heavy (non-hydrogen) atoms. The number of amides is 1. The fourth-order valence-electron chi connectivity index (χ4n) is 2.92. The number of rotatable bonds is 6. The van der Waals surface area contributed by atoms with E-state index in [1.54, 1.807) is 18.2 Å². The lowest BCUT2D eigenvalue weighted by Crippen LogP contribution is -2.38. The Morgan fingerprint density at radius 1 is 1.43 bits per heavy atom. The number of nitrogen functional groups attached to an aromatic ring is 1. The van der Waals surface area contributed by atoms with Gasteiger partial charge in [-0.1, -0.05) is 18.9 Å². The molecule has 1 aromatic rings. The van der Waals surface area contributed by atoms with Crippen molar-refractivity contribution < 1.29 is 14.6 Å². The summed E-state index contributed by atoms with van der Waals surface area (Å²) in [5.41, 5.74) is 6.61. The van der Waals surface area contributed by atoms with Gasteiger partial charge in [0.25, 0.3) is 5.91 Å². The van der Waals surface area contributed by atoms with Gasteiger partial charge in [-0.15, -0.1) is 0 Å². The van der Waals surface area contributed by atoms with Gasteiger partial charge in [-0.05, 0) is 31.9 Å². The Labute approximate surface area is 125 Å². The molecule has 5 heteroatoms. The highest BCUT2D eigenvalue weighted by Gasteiger charge is 2.33. The number of ether oxygens (including phenoxy) is 1. The number of hydrogen-bond donors (Lipinski definition) is 3. The Bertz CT molecular complexity index is 496. The Hall–Kier alpha value is -1.75. The zero-order chi connectivity index (χ0) is 15.3. The summed E-state index contributed by atoms with van der Waals surface area (Å²) in [5, 5.41) is 12.5. The number of nitrogens with two attached hydrogens (primary N) is 1. The molecule has 2 rings (SSSR count). The van der Waals surface area contributed by atoms with E-state index in [-0.39, 0.29) is 17.9 Å². The van der Waals surface area contributed by atoms with Crippen LogP contribution in [0.3, 0.4) is 0 Å². The Kier molecular flexibility index (Phi) is 5.07. The SMILES string of the molecule is CCOc1c(N)cccc1C(=O)NCC1(CO)CCCC1. The van der Waals surface area contributed by atoms with Gasteiger partial charge in [0.05, 0.1) is 24.5 Å². The van der Waals surface area contributed by atoms with Gasteiger partial charge in [-0.2, -0.15) is 0 Å². The lowest BCUT2D eigenvalue weighted by atomic mass is 9.87. The van der Waals surface area contributed by atoms with E-state index in [0.717, 1.165) is 25.7 Å². The first-order valence-corrected chi connectivity index (χ1v) is 7.52. The number of anilines is 1. The van der Waals surface area contributed by atoms with E-state index >= 15 is 0 Å². The third-order valence-electron chi connectivity index (χ3n) is 4.20. The first-order valence-electron chi connectivity index (χ1n) is 7.52. The number of carbonyl (C=O) groups is 1. The van der Waals surface area contributed by atoms with Crippen LogP contribution in [0.4, 0.5) is 5.69 Å². The molecule has 0 saturated heterocycles. The molecule has 0 atom stereocenters. The molecule has 0 heterocycles. The largest absolute Gasteiger partial charge is 0.491 e. The second kappa shape index (κ2) is 6.80. The van der Waals surface area contributed by atoms with Crippen molar-refractivity contribution in [1.82, 2.24) is 5.32 Å². The van der Waals surface area contributed by atoms with Crippen LogP contribution in [0.2, 0.25) is 0 Å². The van der Waals surface area contributed by atoms with Crippen LogP contribution >= 0.6 is 0 Å². The summed E-state index contributed by atoms with van der Waals surface area (Å²) in [6.07, 6.45) is 4.13. The highest BCUT2D eigenvalue weighted by Crippen LogP contribution is 2.37. The quantitative estimate of drug-likeness (QED) is 0.700. The van der Waals surface area contributed by atoms with Gasteiger partial charge in [0.2, 0.25) is 0 Å². The minimum atomic E-state index is -0.203. The molecule has 0 aliphatic heterocycles. The molecule has 1 fully saturated rings. The summed E-state index contributed by atoms with van der Waals surface area (Å²) >= 11 is 0. The third kappa shape index (κ3) is 3.47. The second-order valence-corrected chi connectivity index (χ2v) is 5.70. The van der Waals surface area contributed by atoms with E-state index in [0.29, 0.717) is 30.2 Å². The van der Waals surface area contributed by atoms with E-state index in [1.165, 1.54) is 0 Å². The number of aliphatic hydroxyl groups is 1. The second-order valence-electron chi connectivity index (χ2n) is 5.70. The van der Waals surface area contributed by atoms with E-state index in [1.807, 2.05) is 6.92 Å². The van der Waals surface area contributed by atoms with Crippen LogP contribution in [0.15, 0.2) is 18.2 Å². The average Bonchev–Trinajstić information content (AvgIpc) is 2.96. The summed E-state index contributed by atoms with van der Waals surface area (Å²) in [6.45, 7) is 2.91. The lowest BCUT2D eigenvalue weighted by Gasteiger charge is -2.26. The zero-order valence-corrected chi connectivity index (χ0v) is 12.5. The number of aliphatic hydroxyl groups excluding tert-OH is 1. The average molecular weight is 292 g/mol. The van der Waals surface area contributed by atoms with E-state index in [4.69, 9.17) is 10.5 Å². The molecule has 0 unspecified atom stereocenters. The van der Waals surface area contributed by atoms with Crippen molar-refractivity contribution in [2.24, 2.45) is 5.41 Å². The van der Waals surface area contributed by atoms with Crippen LogP contribution < -0.4 is 15.8 Å². The third-order valence-corrected chi connectivity index (χ3v) is 4.20. The van der Waals surface area contributed by atoms with Crippen LogP contribution in [-0.2, 0) is 0 Å². The first kappa shape index (κ1) is 15.6. The smallest absolute Gasteiger partial charge is 0.255 e. The highest BCUT2D eigenvalue weighted by molar-refractivity contribution is 5.98. The summed E-state index contributed by atoms with van der Waals surface area (Å²) in [4.78, 5) is 12.4. The molecule has 0 spiro atoms. The molecule has 0 bridgehead atoms. The topological polar surface area (TPSA) is 84.6 Å². The number of carbonyl (C=O) groups excluding carboxylic acids is 1. The van der Waals surface area contributed by atoms with E-state index in [9.17, 15) is 9.90 Å². The highest BCUT2D eigenvalue weighted by atomic mass is 16.5. The molecule has 1 amide bonds. The molecule has 116 valence electrons. The van der Waals surface area contributed by atoms with Gasteiger partial charge in [0.15, 0.2) is 5.75 Å². The molecule has 4 N–H and O–H groups in total. The Morgan fingerprint density at radius 2 is 2.14 bits per heavy atom. The maximum Gasteiger partial charge on any atom is 0.255 e. The fourth-order valence-corrected chi connectivity index (χ4v) is 2.92. The van der Waals surface area contributed by atoms with Crippen molar-refractivity contribution in [3.8, 4) is 5.75 Å². The van der Waals surface area contributed by atoms with Crippen molar-refractivity contribution in [1.29, 1.82) is 0 Å². The maximum absolute atomic E-state index is 12.4. The van der Waals surface area contributed by atoms with Gasteiger partial charge in [0, 0.05) is 12.0 Å². The monoisotopic (exact) mass is 292 g/mol. The Balaban J connectivity index is 2.08. The Morgan fingerprint density at radius 3 is 2.76 bits per heavy atom.